The molecular formula is C14H7N5O5S. The SMILES string of the molecule is Cc1nn2c3c(sc2nc1=O)C(=O)N(c1ccccc1[N+](=O)[O-])C3=O. The fraction of sp³-hybridized carbons (Fsp3) is 0.0714. The number of aromatic nitrogens is 3. The van der Waals surface area contributed by atoms with Crippen molar-refractivity contribution in [3.63, 3.8) is 0 Å². The summed E-state index contributed by atoms with van der Waals surface area (Å²) >= 11 is 0.841. The largest absolute Gasteiger partial charge is 0.295 e. The van der Waals surface area contributed by atoms with Gasteiger partial charge in [0.05, 0.1) is 4.92 Å². The number of benzene rings is 1. The van der Waals surface area contributed by atoms with Gasteiger partial charge in [0.25, 0.3) is 23.1 Å². The Morgan fingerprint density at radius 1 is 1.16 bits per heavy atom. The van der Waals surface area contributed by atoms with Crippen LogP contribution in [0, 0.1) is 17.0 Å². The number of nitro groups is 1. The topological polar surface area (TPSA) is 128 Å². The molecule has 1 aliphatic heterocycles. The van der Waals surface area contributed by atoms with Gasteiger partial charge in [-0.25, -0.2) is 4.90 Å². The van der Waals surface area contributed by atoms with Gasteiger partial charge in [-0.1, -0.05) is 23.5 Å². The first-order valence-corrected chi connectivity index (χ1v) is 7.74. The second kappa shape index (κ2) is 5.01. The molecule has 3 heterocycles. The normalized spacial score (nSPS) is 13.6. The Morgan fingerprint density at radius 3 is 2.60 bits per heavy atom. The van der Waals surface area contributed by atoms with Crippen LogP contribution in [0.15, 0.2) is 29.1 Å². The molecule has 0 saturated carbocycles. The zero-order valence-corrected chi connectivity index (χ0v) is 13.3. The molecule has 25 heavy (non-hydrogen) atoms. The molecule has 2 amide bonds. The van der Waals surface area contributed by atoms with Gasteiger partial charge in [-0.3, -0.25) is 24.5 Å². The van der Waals surface area contributed by atoms with Crippen LogP contribution in [-0.2, 0) is 0 Å². The van der Waals surface area contributed by atoms with E-state index in [2.05, 4.69) is 10.1 Å². The van der Waals surface area contributed by atoms with Crippen LogP contribution in [0.1, 0.15) is 25.9 Å². The van der Waals surface area contributed by atoms with Crippen LogP contribution in [-0.4, -0.2) is 31.3 Å². The van der Waals surface area contributed by atoms with Gasteiger partial charge < -0.3 is 0 Å². The number of thiazole rings is 1. The third kappa shape index (κ3) is 1.99. The van der Waals surface area contributed by atoms with Crippen LogP contribution < -0.4 is 10.5 Å². The van der Waals surface area contributed by atoms with Crippen LogP contribution in [0.5, 0.6) is 0 Å². The van der Waals surface area contributed by atoms with E-state index in [1.165, 1.54) is 31.2 Å². The van der Waals surface area contributed by atoms with Gasteiger partial charge in [0.15, 0.2) is 5.69 Å². The Morgan fingerprint density at radius 2 is 1.88 bits per heavy atom. The number of anilines is 1. The molecule has 0 spiro atoms. The van der Waals surface area contributed by atoms with Gasteiger partial charge in [0, 0.05) is 6.07 Å². The van der Waals surface area contributed by atoms with Gasteiger partial charge in [-0.05, 0) is 13.0 Å². The molecule has 0 bridgehead atoms. The number of amides is 2. The zero-order chi connectivity index (χ0) is 17.9. The fourth-order valence-electron chi connectivity index (χ4n) is 2.56. The molecule has 10 nitrogen and oxygen atoms in total. The first kappa shape index (κ1) is 15.1. The summed E-state index contributed by atoms with van der Waals surface area (Å²) in [4.78, 5) is 52.2. The number of carbonyl (C=O) groups excluding carboxylic acids is 2. The van der Waals surface area contributed by atoms with Crippen molar-refractivity contribution >= 4 is 39.5 Å². The molecule has 124 valence electrons. The van der Waals surface area contributed by atoms with Crippen molar-refractivity contribution in [2.24, 2.45) is 0 Å². The Hall–Kier alpha value is -3.47. The summed E-state index contributed by atoms with van der Waals surface area (Å²) in [6.07, 6.45) is 0. The maximum atomic E-state index is 12.8. The monoisotopic (exact) mass is 357 g/mol. The van der Waals surface area contributed by atoms with Crippen LogP contribution in [0.3, 0.4) is 0 Å². The Bertz CT molecular complexity index is 1160. The lowest BCUT2D eigenvalue weighted by molar-refractivity contribution is -0.384. The first-order chi connectivity index (χ1) is 11.9. The number of hydrogen-bond donors (Lipinski definition) is 0. The minimum Gasteiger partial charge on any atom is -0.267 e. The predicted molar refractivity (Wildman–Crippen MR) is 86.1 cm³/mol. The average Bonchev–Trinajstić information content (AvgIpc) is 3.04. The number of aryl methyl sites for hydroxylation is 1. The summed E-state index contributed by atoms with van der Waals surface area (Å²) in [7, 11) is 0. The first-order valence-electron chi connectivity index (χ1n) is 6.93. The third-order valence-electron chi connectivity index (χ3n) is 3.68. The zero-order valence-electron chi connectivity index (χ0n) is 12.5. The molecule has 0 unspecified atom stereocenters. The van der Waals surface area contributed by atoms with Crippen LogP contribution in [0.4, 0.5) is 11.4 Å². The summed E-state index contributed by atoms with van der Waals surface area (Å²) in [5.41, 5.74) is -1.01. The van der Waals surface area contributed by atoms with E-state index in [-0.39, 0.29) is 32.6 Å². The molecule has 11 heteroatoms. The minimum atomic E-state index is -0.752. The van der Waals surface area contributed by atoms with Crippen molar-refractivity contribution in [2.75, 3.05) is 4.90 Å². The lowest BCUT2D eigenvalue weighted by Crippen LogP contribution is -2.31. The number of para-hydroxylation sites is 2. The number of nitro benzene ring substituents is 1. The van der Waals surface area contributed by atoms with E-state index in [1.54, 1.807) is 0 Å². The number of rotatable bonds is 2. The van der Waals surface area contributed by atoms with Crippen molar-refractivity contribution in [1.29, 1.82) is 0 Å². The average molecular weight is 357 g/mol. The van der Waals surface area contributed by atoms with Gasteiger partial charge >= 0.3 is 0 Å². The summed E-state index contributed by atoms with van der Waals surface area (Å²) < 4.78 is 1.13. The summed E-state index contributed by atoms with van der Waals surface area (Å²) in [6, 6.07) is 5.47. The summed E-state index contributed by atoms with van der Waals surface area (Å²) in [5, 5.41) is 15.2. The highest BCUT2D eigenvalue weighted by atomic mass is 32.1. The third-order valence-corrected chi connectivity index (χ3v) is 4.70. The smallest absolute Gasteiger partial charge is 0.267 e. The van der Waals surface area contributed by atoms with Crippen molar-refractivity contribution in [2.45, 2.75) is 6.92 Å². The Balaban J connectivity index is 1.94. The molecule has 4 rings (SSSR count). The molecule has 0 atom stereocenters. The maximum Gasteiger partial charge on any atom is 0.295 e. The van der Waals surface area contributed by atoms with E-state index >= 15 is 0 Å². The van der Waals surface area contributed by atoms with Gasteiger partial charge in [-0.2, -0.15) is 14.6 Å². The number of imide groups is 1. The molecule has 0 saturated heterocycles. The van der Waals surface area contributed by atoms with Crippen molar-refractivity contribution in [3.8, 4) is 0 Å². The second-order valence-electron chi connectivity index (χ2n) is 5.17. The quantitative estimate of drug-likeness (QED) is 0.382. The van der Waals surface area contributed by atoms with Crippen LogP contribution in [0.25, 0.3) is 4.96 Å². The van der Waals surface area contributed by atoms with Crippen molar-refractivity contribution < 1.29 is 14.5 Å². The van der Waals surface area contributed by atoms with Gasteiger partial charge in [-0.15, -0.1) is 0 Å². The number of carbonyl (C=O) groups is 2. The second-order valence-corrected chi connectivity index (χ2v) is 6.15. The van der Waals surface area contributed by atoms with Gasteiger partial charge in [0.2, 0.25) is 4.96 Å². The number of hydrogen-bond acceptors (Lipinski definition) is 8. The highest BCUT2D eigenvalue weighted by molar-refractivity contribution is 7.19. The molecule has 0 aliphatic carbocycles. The van der Waals surface area contributed by atoms with Crippen LogP contribution in [0.2, 0.25) is 0 Å². The van der Waals surface area contributed by atoms with Gasteiger partial charge in [0.1, 0.15) is 16.3 Å². The van der Waals surface area contributed by atoms with E-state index in [0.29, 0.717) is 0 Å². The molecule has 2 aromatic heterocycles. The Kier molecular flexibility index (Phi) is 3.02. The minimum absolute atomic E-state index is 0.0353. The van der Waals surface area contributed by atoms with Crippen molar-refractivity contribution in [1.82, 2.24) is 14.6 Å². The molecule has 3 aromatic rings. The maximum absolute atomic E-state index is 12.8. The number of fused-ring (bicyclic) bond motifs is 3. The highest BCUT2D eigenvalue weighted by Crippen LogP contribution is 2.37. The molecule has 0 N–H and O–H groups in total. The standard InChI is InChI=1S/C14H7N5O5S/c1-6-11(20)15-14-18(16-6)9-10(25-14)13(22)17(12(9)21)7-4-2-3-5-8(7)19(23)24/h2-5H,1H3. The van der Waals surface area contributed by atoms with Crippen LogP contribution >= 0.6 is 11.3 Å². The van der Waals surface area contributed by atoms with E-state index < -0.39 is 22.3 Å². The molecule has 1 aromatic carbocycles. The number of nitrogens with zero attached hydrogens (tertiary/aromatic N) is 5. The lowest BCUT2D eigenvalue weighted by atomic mass is 10.2. The predicted octanol–water partition coefficient (Wildman–Crippen LogP) is 1.17. The van der Waals surface area contributed by atoms with E-state index in [4.69, 9.17) is 0 Å². The molecular weight excluding hydrogens is 350 g/mol. The van der Waals surface area contributed by atoms with E-state index in [0.717, 1.165) is 20.8 Å². The molecule has 0 radical (unpaired) electrons. The van der Waals surface area contributed by atoms with E-state index in [9.17, 15) is 24.5 Å². The van der Waals surface area contributed by atoms with E-state index in [1.807, 2.05) is 0 Å². The summed E-state index contributed by atoms with van der Waals surface area (Å²) in [6.45, 7) is 1.44. The molecule has 1 aliphatic rings. The summed E-state index contributed by atoms with van der Waals surface area (Å²) in [5.74, 6) is -1.46. The highest BCUT2D eigenvalue weighted by Gasteiger charge is 2.44. The Labute approximate surface area is 142 Å². The fourth-order valence-corrected chi connectivity index (χ4v) is 3.54. The van der Waals surface area contributed by atoms with Crippen molar-refractivity contribution in [3.05, 3.63) is 61.0 Å². The lowest BCUT2D eigenvalue weighted by Gasteiger charge is -2.13. The molecule has 0 fully saturated rings.